The van der Waals surface area contributed by atoms with Crippen molar-refractivity contribution in [2.45, 2.75) is 47.7 Å². The average molecular weight is 307 g/mol. The van der Waals surface area contributed by atoms with Gasteiger partial charge in [-0.2, -0.15) is 4.39 Å². The van der Waals surface area contributed by atoms with Gasteiger partial charge < -0.3 is 9.64 Å². The minimum absolute atomic E-state index is 0.0279. The molecule has 21 heavy (non-hydrogen) atoms. The number of halogens is 1. The van der Waals surface area contributed by atoms with Crippen LogP contribution >= 0.6 is 11.8 Å². The Balaban J connectivity index is 1.75. The maximum absolute atomic E-state index is 13.4. The van der Waals surface area contributed by atoms with Gasteiger partial charge >= 0.3 is 0 Å². The third-order valence-electron chi connectivity index (χ3n) is 5.31. The first-order chi connectivity index (χ1) is 10.1. The number of ketones is 1. The van der Waals surface area contributed by atoms with Crippen LogP contribution in [0.1, 0.15) is 31.2 Å². The molecule has 0 aromatic heterocycles. The average Bonchev–Trinajstić information content (AvgIpc) is 2.99. The third kappa shape index (κ3) is 2.01. The van der Waals surface area contributed by atoms with Gasteiger partial charge in [0.05, 0.1) is 4.90 Å². The summed E-state index contributed by atoms with van der Waals surface area (Å²) in [6.07, 6.45) is 3.25. The van der Waals surface area contributed by atoms with Crippen LogP contribution in [0.4, 0.5) is 4.39 Å². The second-order valence-corrected chi connectivity index (χ2v) is 7.36. The van der Waals surface area contributed by atoms with Gasteiger partial charge in [-0.05, 0) is 55.9 Å². The zero-order valence-electron chi connectivity index (χ0n) is 12.0. The number of benzene rings is 1. The van der Waals surface area contributed by atoms with Gasteiger partial charge in [0.1, 0.15) is 11.5 Å². The fourth-order valence-electron chi connectivity index (χ4n) is 4.16. The number of ether oxygens (including phenoxy) is 1. The van der Waals surface area contributed by atoms with Gasteiger partial charge in [-0.1, -0.05) is 6.07 Å². The smallest absolute Gasteiger partial charge is 0.291 e. The van der Waals surface area contributed by atoms with Crippen LogP contribution in [0.15, 0.2) is 23.1 Å². The van der Waals surface area contributed by atoms with Gasteiger partial charge in [0.25, 0.3) is 5.69 Å². The number of carbonyl (C=O) groups excluding carboxylic acids is 1. The number of hydrogen-bond donors (Lipinski definition) is 0. The maximum Gasteiger partial charge on any atom is 0.291 e. The Morgan fingerprint density at radius 2 is 2.29 bits per heavy atom. The van der Waals surface area contributed by atoms with E-state index < -0.39 is 5.69 Å². The van der Waals surface area contributed by atoms with E-state index >= 15 is 0 Å². The van der Waals surface area contributed by atoms with E-state index in [-0.39, 0.29) is 11.5 Å². The number of likely N-dealkylation sites (N-methyl/N-ethyl adjacent to an activating group) is 1. The quantitative estimate of drug-likeness (QED) is 0.797. The Labute approximate surface area is 127 Å². The molecular formula is C16H18FNO2S. The van der Waals surface area contributed by atoms with E-state index in [1.54, 1.807) is 0 Å². The summed E-state index contributed by atoms with van der Waals surface area (Å²) in [7, 11) is 2.10. The normalized spacial score (nSPS) is 35.4. The molecule has 3 aliphatic rings. The molecule has 2 aliphatic heterocycles. The summed E-state index contributed by atoms with van der Waals surface area (Å²) in [5.74, 6) is 1.02. The Kier molecular flexibility index (Phi) is 3.05. The van der Waals surface area contributed by atoms with Crippen LogP contribution in [0.25, 0.3) is 0 Å². The molecule has 1 saturated carbocycles. The van der Waals surface area contributed by atoms with Gasteiger partial charge in [0.2, 0.25) is 0 Å². The van der Waals surface area contributed by atoms with Crippen LogP contribution < -0.4 is 4.74 Å². The highest BCUT2D eigenvalue weighted by Gasteiger charge is 2.50. The lowest BCUT2D eigenvalue weighted by Gasteiger charge is -2.41. The van der Waals surface area contributed by atoms with Crippen molar-refractivity contribution in [3.05, 3.63) is 23.8 Å². The van der Waals surface area contributed by atoms with Crippen molar-refractivity contribution in [2.24, 2.45) is 0 Å². The van der Waals surface area contributed by atoms with Gasteiger partial charge in [-0.25, -0.2) is 0 Å². The zero-order chi connectivity index (χ0) is 14.6. The first-order valence-corrected chi connectivity index (χ1v) is 8.30. The molecule has 3 nitrogen and oxygen atoms in total. The van der Waals surface area contributed by atoms with Crippen molar-refractivity contribution >= 4 is 17.5 Å². The van der Waals surface area contributed by atoms with Crippen molar-refractivity contribution in [1.82, 2.24) is 4.90 Å². The molecule has 2 heterocycles. The van der Waals surface area contributed by atoms with Gasteiger partial charge in [0.15, 0.2) is 0 Å². The summed E-state index contributed by atoms with van der Waals surface area (Å²) in [6, 6.07) is 6.35. The Morgan fingerprint density at radius 3 is 3.14 bits per heavy atom. The summed E-state index contributed by atoms with van der Waals surface area (Å²) in [4.78, 5) is 15.0. The minimum Gasteiger partial charge on any atom is -0.450 e. The van der Waals surface area contributed by atoms with Gasteiger partial charge in [0, 0.05) is 24.3 Å². The van der Waals surface area contributed by atoms with E-state index in [0.29, 0.717) is 24.4 Å². The SMILES string of the molecule is CN1CC[C@]2(c3ccc4c(c3)O[C@@H](F)S4)CCC(=O)C[C@H]12. The molecule has 0 spiro atoms. The molecule has 5 heteroatoms. The second-order valence-electron chi connectivity index (χ2n) is 6.32. The van der Waals surface area contributed by atoms with Gasteiger partial charge in [-0.15, -0.1) is 0 Å². The predicted octanol–water partition coefficient (Wildman–Crippen LogP) is 3.12. The number of hydrogen-bond acceptors (Lipinski definition) is 4. The van der Waals surface area contributed by atoms with Crippen molar-refractivity contribution < 1.29 is 13.9 Å². The van der Waals surface area contributed by atoms with E-state index in [1.807, 2.05) is 12.1 Å². The van der Waals surface area contributed by atoms with Crippen LogP contribution in [-0.2, 0) is 10.2 Å². The molecule has 3 atom stereocenters. The number of fused-ring (bicyclic) bond motifs is 2. The van der Waals surface area contributed by atoms with Crippen molar-refractivity contribution in [3.8, 4) is 5.75 Å². The first kappa shape index (κ1) is 13.6. The molecule has 0 unspecified atom stereocenters. The molecule has 0 bridgehead atoms. The second kappa shape index (κ2) is 4.71. The fraction of sp³-hybridized carbons (Fsp3) is 0.562. The lowest BCUT2D eigenvalue weighted by atomic mass is 9.66. The zero-order valence-corrected chi connectivity index (χ0v) is 12.8. The van der Waals surface area contributed by atoms with E-state index in [2.05, 4.69) is 18.0 Å². The standard InChI is InChI=1S/C16H18FNO2S/c1-18-7-6-16(5-4-11(19)9-14(16)18)10-2-3-13-12(8-10)20-15(17)21-13/h2-3,8,14-15H,4-7,9H2,1H3/t14-,15+,16-/m0/s1. The van der Waals surface area contributed by atoms with E-state index in [4.69, 9.17) is 4.74 Å². The molecule has 4 rings (SSSR count). The van der Waals surface area contributed by atoms with Crippen LogP contribution in [-0.4, -0.2) is 36.0 Å². The number of nitrogens with zero attached hydrogens (tertiary/aromatic N) is 1. The highest BCUT2D eigenvalue weighted by atomic mass is 32.2. The number of rotatable bonds is 1. The first-order valence-electron chi connectivity index (χ1n) is 7.42. The van der Waals surface area contributed by atoms with Crippen LogP contribution in [0.2, 0.25) is 0 Å². The molecule has 1 saturated heterocycles. The summed E-state index contributed by atoms with van der Waals surface area (Å²) in [5, 5.41) is 0. The number of carbonyl (C=O) groups is 1. The predicted molar refractivity (Wildman–Crippen MR) is 79.4 cm³/mol. The minimum atomic E-state index is -1.29. The Bertz CT molecular complexity index is 608. The molecular weight excluding hydrogens is 289 g/mol. The van der Waals surface area contributed by atoms with Crippen molar-refractivity contribution in [2.75, 3.05) is 13.6 Å². The van der Waals surface area contributed by atoms with Gasteiger partial charge in [-0.3, -0.25) is 4.79 Å². The molecule has 0 N–H and O–H groups in total. The fourth-order valence-corrected chi connectivity index (χ4v) is 4.88. The Morgan fingerprint density at radius 1 is 1.43 bits per heavy atom. The molecule has 0 amide bonds. The summed E-state index contributed by atoms with van der Waals surface area (Å²) < 4.78 is 18.6. The van der Waals surface area contributed by atoms with Crippen LogP contribution in [0.3, 0.4) is 0 Å². The van der Waals surface area contributed by atoms with E-state index in [9.17, 15) is 9.18 Å². The molecule has 1 aliphatic carbocycles. The molecule has 2 fully saturated rings. The lowest BCUT2D eigenvalue weighted by Crippen LogP contribution is -2.46. The van der Waals surface area contributed by atoms with Crippen LogP contribution in [0.5, 0.6) is 5.75 Å². The number of Topliss-reactive ketones (excluding diaryl/α,β-unsaturated/α-hetero) is 1. The number of thioether (sulfide) groups is 1. The number of alkyl halides is 1. The van der Waals surface area contributed by atoms with Crippen molar-refractivity contribution in [3.63, 3.8) is 0 Å². The third-order valence-corrected chi connectivity index (χ3v) is 6.18. The largest absolute Gasteiger partial charge is 0.450 e. The summed E-state index contributed by atoms with van der Waals surface area (Å²) in [5.41, 5.74) is -0.0549. The van der Waals surface area contributed by atoms with E-state index in [1.165, 1.54) is 5.56 Å². The number of likely N-dealkylation sites (tertiary alicyclic amines) is 1. The monoisotopic (exact) mass is 307 g/mol. The van der Waals surface area contributed by atoms with Crippen LogP contribution in [0, 0.1) is 0 Å². The van der Waals surface area contributed by atoms with E-state index in [0.717, 1.165) is 36.0 Å². The molecule has 112 valence electrons. The molecule has 1 aromatic rings. The molecule has 0 radical (unpaired) electrons. The lowest BCUT2D eigenvalue weighted by molar-refractivity contribution is -0.122. The highest BCUT2D eigenvalue weighted by molar-refractivity contribution is 8.00. The maximum atomic E-state index is 13.4. The molecule has 1 aromatic carbocycles. The summed E-state index contributed by atoms with van der Waals surface area (Å²) >= 11 is 1.12. The highest BCUT2D eigenvalue weighted by Crippen LogP contribution is 2.50. The topological polar surface area (TPSA) is 29.5 Å². The summed E-state index contributed by atoms with van der Waals surface area (Å²) in [6.45, 7) is 1.01. The Hall–Kier alpha value is -1.07. The van der Waals surface area contributed by atoms with Crippen molar-refractivity contribution in [1.29, 1.82) is 0 Å².